The summed E-state index contributed by atoms with van der Waals surface area (Å²) >= 11 is 0. The van der Waals surface area contributed by atoms with Gasteiger partial charge in [0.25, 0.3) is 5.56 Å². The second-order valence-electron chi connectivity index (χ2n) is 6.50. The molecular formula is C19H25N3O4. The number of nitrogens with one attached hydrogen (secondary N) is 2. The highest BCUT2D eigenvalue weighted by atomic mass is 16.5. The van der Waals surface area contributed by atoms with Crippen molar-refractivity contribution in [2.45, 2.75) is 33.6 Å². The van der Waals surface area contributed by atoms with E-state index >= 15 is 0 Å². The average Bonchev–Trinajstić information content (AvgIpc) is 2.52. The van der Waals surface area contributed by atoms with Crippen LogP contribution in [0.25, 0.3) is 0 Å². The van der Waals surface area contributed by atoms with Gasteiger partial charge in [0.15, 0.2) is 0 Å². The quantitative estimate of drug-likeness (QED) is 0.782. The summed E-state index contributed by atoms with van der Waals surface area (Å²) in [6.45, 7) is 6.51. The molecule has 0 spiro atoms. The molecule has 140 valence electrons. The zero-order chi connectivity index (χ0) is 19.3. The lowest BCUT2D eigenvalue weighted by atomic mass is 10.1. The smallest absolute Gasteiger partial charge is 0.325 e. The van der Waals surface area contributed by atoms with Crippen LogP contribution in [0.3, 0.4) is 0 Å². The molecule has 0 aliphatic heterocycles. The zero-order valence-corrected chi connectivity index (χ0v) is 15.6. The van der Waals surface area contributed by atoms with Crippen molar-refractivity contribution < 1.29 is 9.53 Å². The summed E-state index contributed by atoms with van der Waals surface area (Å²) in [6.07, 6.45) is 0.467. The number of amides is 1. The van der Waals surface area contributed by atoms with E-state index in [1.54, 1.807) is 18.9 Å². The van der Waals surface area contributed by atoms with E-state index < -0.39 is 11.2 Å². The Morgan fingerprint density at radius 3 is 2.35 bits per heavy atom. The maximum absolute atomic E-state index is 12.2. The standard InChI is InChI=1S/C19H25N3O4/c1-12-9-13(2)11-15(10-12)26-8-7-22(4)17(23)6-5-16-14(3)20-19(25)21-18(16)24/h9-11H,5-8H2,1-4H3,(H2,20,21,24,25). The molecule has 0 atom stereocenters. The first-order chi connectivity index (χ1) is 12.3. The molecule has 0 bridgehead atoms. The highest BCUT2D eigenvalue weighted by Crippen LogP contribution is 2.16. The fourth-order valence-electron chi connectivity index (χ4n) is 2.79. The van der Waals surface area contributed by atoms with Gasteiger partial charge in [0.05, 0.1) is 6.54 Å². The van der Waals surface area contributed by atoms with Crippen molar-refractivity contribution in [3.63, 3.8) is 0 Å². The van der Waals surface area contributed by atoms with Crippen molar-refractivity contribution in [3.05, 3.63) is 61.4 Å². The first kappa shape index (κ1) is 19.5. The van der Waals surface area contributed by atoms with Crippen molar-refractivity contribution in [1.29, 1.82) is 0 Å². The van der Waals surface area contributed by atoms with E-state index in [1.165, 1.54) is 0 Å². The maximum atomic E-state index is 12.2. The molecule has 1 aromatic heterocycles. The molecule has 0 saturated carbocycles. The van der Waals surface area contributed by atoms with E-state index in [-0.39, 0.29) is 18.7 Å². The zero-order valence-electron chi connectivity index (χ0n) is 15.6. The molecule has 0 saturated heterocycles. The van der Waals surface area contributed by atoms with Gasteiger partial charge in [-0.15, -0.1) is 0 Å². The minimum absolute atomic E-state index is 0.0842. The lowest BCUT2D eigenvalue weighted by Gasteiger charge is -2.18. The molecular weight excluding hydrogens is 334 g/mol. The van der Waals surface area contributed by atoms with Crippen LogP contribution < -0.4 is 16.0 Å². The lowest BCUT2D eigenvalue weighted by Crippen LogP contribution is -2.32. The molecule has 2 N–H and O–H groups in total. The average molecular weight is 359 g/mol. The van der Waals surface area contributed by atoms with Gasteiger partial charge in [-0.3, -0.25) is 14.6 Å². The Balaban J connectivity index is 1.84. The highest BCUT2D eigenvalue weighted by Gasteiger charge is 2.12. The number of ether oxygens (including phenoxy) is 1. The number of nitrogens with zero attached hydrogens (tertiary/aromatic N) is 1. The Labute approximate surface area is 152 Å². The summed E-state index contributed by atoms with van der Waals surface area (Å²) in [5.41, 5.74) is 2.20. The summed E-state index contributed by atoms with van der Waals surface area (Å²) in [5.74, 6) is 0.706. The third-order valence-corrected chi connectivity index (χ3v) is 4.16. The van der Waals surface area contributed by atoms with Gasteiger partial charge in [-0.1, -0.05) is 6.07 Å². The SMILES string of the molecule is Cc1cc(C)cc(OCCN(C)C(=O)CCc2c(C)[nH]c(=O)[nH]c2=O)c1. The van der Waals surface area contributed by atoms with Gasteiger partial charge in [-0.25, -0.2) is 4.79 Å². The number of aromatic nitrogens is 2. The van der Waals surface area contributed by atoms with E-state index in [0.717, 1.165) is 16.9 Å². The molecule has 0 aliphatic carbocycles. The molecule has 1 heterocycles. The van der Waals surface area contributed by atoms with Crippen LogP contribution in [0.5, 0.6) is 5.75 Å². The minimum atomic E-state index is -0.539. The molecule has 0 radical (unpaired) electrons. The van der Waals surface area contributed by atoms with Crippen LogP contribution >= 0.6 is 0 Å². The predicted molar refractivity (Wildman–Crippen MR) is 99.8 cm³/mol. The van der Waals surface area contributed by atoms with Gasteiger partial charge in [0.1, 0.15) is 12.4 Å². The number of benzene rings is 1. The van der Waals surface area contributed by atoms with Crippen LogP contribution in [-0.4, -0.2) is 41.0 Å². The monoisotopic (exact) mass is 359 g/mol. The topological polar surface area (TPSA) is 95.3 Å². The normalized spacial score (nSPS) is 10.6. The maximum Gasteiger partial charge on any atom is 0.325 e. The molecule has 1 aromatic carbocycles. The molecule has 0 unspecified atom stereocenters. The predicted octanol–water partition coefficient (Wildman–Crippen LogP) is 1.46. The Morgan fingerprint density at radius 2 is 1.73 bits per heavy atom. The molecule has 1 amide bonds. The molecule has 2 rings (SSSR count). The summed E-state index contributed by atoms with van der Waals surface area (Å²) < 4.78 is 5.71. The van der Waals surface area contributed by atoms with Gasteiger partial charge in [0, 0.05) is 24.7 Å². The van der Waals surface area contributed by atoms with E-state index in [2.05, 4.69) is 16.0 Å². The number of aromatic amines is 2. The second-order valence-corrected chi connectivity index (χ2v) is 6.50. The number of aryl methyl sites for hydroxylation is 3. The van der Waals surface area contributed by atoms with Crippen molar-refractivity contribution in [2.75, 3.05) is 20.2 Å². The van der Waals surface area contributed by atoms with Gasteiger partial charge in [0.2, 0.25) is 5.91 Å². The van der Waals surface area contributed by atoms with Crippen LogP contribution in [-0.2, 0) is 11.2 Å². The van der Waals surface area contributed by atoms with Crippen LogP contribution in [0.4, 0.5) is 0 Å². The van der Waals surface area contributed by atoms with Crippen LogP contribution in [0, 0.1) is 20.8 Å². The minimum Gasteiger partial charge on any atom is -0.492 e. The van der Waals surface area contributed by atoms with Crippen molar-refractivity contribution in [3.8, 4) is 5.75 Å². The number of carbonyl (C=O) groups excluding carboxylic acids is 1. The van der Waals surface area contributed by atoms with Crippen LogP contribution in [0.15, 0.2) is 27.8 Å². The van der Waals surface area contributed by atoms with Gasteiger partial charge >= 0.3 is 5.69 Å². The Kier molecular flexibility index (Phi) is 6.38. The third kappa shape index (κ3) is 5.34. The van der Waals surface area contributed by atoms with Gasteiger partial charge in [-0.2, -0.15) is 0 Å². The molecule has 0 aliphatic rings. The summed E-state index contributed by atoms with van der Waals surface area (Å²) in [4.78, 5) is 41.5. The van der Waals surface area contributed by atoms with E-state index in [1.807, 2.05) is 26.0 Å². The van der Waals surface area contributed by atoms with Crippen LogP contribution in [0.2, 0.25) is 0 Å². The Bertz CT molecular complexity index is 878. The van der Waals surface area contributed by atoms with Crippen molar-refractivity contribution in [1.82, 2.24) is 14.9 Å². The molecule has 26 heavy (non-hydrogen) atoms. The number of likely N-dealkylation sites (N-methyl/N-ethyl adjacent to an activating group) is 1. The van der Waals surface area contributed by atoms with E-state index in [0.29, 0.717) is 24.4 Å². The van der Waals surface area contributed by atoms with Gasteiger partial charge < -0.3 is 14.6 Å². The third-order valence-electron chi connectivity index (χ3n) is 4.16. The van der Waals surface area contributed by atoms with Crippen molar-refractivity contribution in [2.24, 2.45) is 0 Å². The first-order valence-electron chi connectivity index (χ1n) is 8.53. The second kappa shape index (κ2) is 8.51. The number of carbonyl (C=O) groups is 1. The Morgan fingerprint density at radius 1 is 1.08 bits per heavy atom. The molecule has 0 fully saturated rings. The molecule has 7 heteroatoms. The molecule has 2 aromatic rings. The summed E-state index contributed by atoms with van der Waals surface area (Å²) in [6, 6.07) is 5.99. The number of H-pyrrole nitrogens is 2. The molecule has 7 nitrogen and oxygen atoms in total. The fraction of sp³-hybridized carbons (Fsp3) is 0.421. The lowest BCUT2D eigenvalue weighted by molar-refractivity contribution is -0.130. The van der Waals surface area contributed by atoms with E-state index in [9.17, 15) is 14.4 Å². The Hall–Kier alpha value is -2.83. The number of rotatable bonds is 7. The van der Waals surface area contributed by atoms with Gasteiger partial charge in [-0.05, 0) is 50.5 Å². The fourth-order valence-corrected chi connectivity index (χ4v) is 2.79. The highest BCUT2D eigenvalue weighted by molar-refractivity contribution is 5.76. The van der Waals surface area contributed by atoms with E-state index in [4.69, 9.17) is 4.74 Å². The first-order valence-corrected chi connectivity index (χ1v) is 8.53. The summed E-state index contributed by atoms with van der Waals surface area (Å²) in [7, 11) is 1.71. The largest absolute Gasteiger partial charge is 0.492 e. The summed E-state index contributed by atoms with van der Waals surface area (Å²) in [5, 5.41) is 0. The van der Waals surface area contributed by atoms with Crippen LogP contribution in [0.1, 0.15) is 28.8 Å². The number of hydrogen-bond acceptors (Lipinski definition) is 4. The van der Waals surface area contributed by atoms with Crippen molar-refractivity contribution >= 4 is 5.91 Å². The number of hydrogen-bond donors (Lipinski definition) is 2.